The molecule has 0 atom stereocenters. The van der Waals surface area contributed by atoms with Crippen LogP contribution in [0.2, 0.25) is 0 Å². The zero-order valence-corrected chi connectivity index (χ0v) is 15.1. The van der Waals surface area contributed by atoms with Crippen molar-refractivity contribution in [2.24, 2.45) is 0 Å². The maximum atomic E-state index is 12.7. The second kappa shape index (κ2) is 8.20. The first-order valence-electron chi connectivity index (χ1n) is 8.67. The van der Waals surface area contributed by atoms with Gasteiger partial charge in [0.05, 0.1) is 11.1 Å². The molecule has 0 fully saturated rings. The molecule has 0 aliphatic rings. The van der Waals surface area contributed by atoms with Crippen LogP contribution in [0.4, 0.5) is 0 Å². The van der Waals surface area contributed by atoms with Crippen LogP contribution in [-0.4, -0.2) is 12.5 Å². The summed E-state index contributed by atoms with van der Waals surface area (Å²) in [5.41, 5.74) is 1.65. The second-order valence-electron chi connectivity index (χ2n) is 6.30. The predicted molar refractivity (Wildman–Crippen MR) is 104 cm³/mol. The van der Waals surface area contributed by atoms with Crippen LogP contribution in [0.3, 0.4) is 0 Å². The molecule has 0 aliphatic heterocycles. The van der Waals surface area contributed by atoms with E-state index in [0.717, 1.165) is 11.1 Å². The standard InChI is InChI=1S/C23H20N2O2/c1-23(19-11-4-2-5-12-19,20-13-6-3-7-14-20)25-22(26)17-27-21-15-9-8-10-18(21)16-24/h2-15H,17H2,1H3,(H,25,26). The van der Waals surface area contributed by atoms with Gasteiger partial charge in [0.25, 0.3) is 5.91 Å². The zero-order chi connectivity index (χ0) is 19.1. The lowest BCUT2D eigenvalue weighted by molar-refractivity contribution is -0.124. The first-order valence-corrected chi connectivity index (χ1v) is 8.67. The number of rotatable bonds is 6. The highest BCUT2D eigenvalue weighted by molar-refractivity contribution is 5.79. The highest BCUT2D eigenvalue weighted by Crippen LogP contribution is 2.29. The van der Waals surface area contributed by atoms with Gasteiger partial charge in [-0.05, 0) is 30.2 Å². The molecule has 1 N–H and O–H groups in total. The molecule has 4 heteroatoms. The average molecular weight is 356 g/mol. The van der Waals surface area contributed by atoms with Gasteiger partial charge in [-0.3, -0.25) is 4.79 Å². The molecule has 1 amide bonds. The van der Waals surface area contributed by atoms with E-state index in [1.54, 1.807) is 24.3 Å². The van der Waals surface area contributed by atoms with Crippen LogP contribution in [0, 0.1) is 11.3 Å². The fourth-order valence-corrected chi connectivity index (χ4v) is 3.00. The topological polar surface area (TPSA) is 62.1 Å². The lowest BCUT2D eigenvalue weighted by Gasteiger charge is -2.32. The average Bonchev–Trinajstić information content (AvgIpc) is 2.73. The minimum Gasteiger partial charge on any atom is -0.482 e. The van der Waals surface area contributed by atoms with Crippen molar-refractivity contribution >= 4 is 5.91 Å². The van der Waals surface area contributed by atoms with E-state index in [2.05, 4.69) is 11.4 Å². The number of carbonyl (C=O) groups is 1. The van der Waals surface area contributed by atoms with Crippen LogP contribution in [0.15, 0.2) is 84.9 Å². The molecule has 0 aliphatic carbocycles. The Kier molecular flexibility index (Phi) is 5.53. The van der Waals surface area contributed by atoms with Crippen molar-refractivity contribution in [3.63, 3.8) is 0 Å². The molecule has 3 aromatic carbocycles. The molecule has 4 nitrogen and oxygen atoms in total. The second-order valence-corrected chi connectivity index (χ2v) is 6.30. The first kappa shape index (κ1) is 18.2. The lowest BCUT2D eigenvalue weighted by atomic mass is 9.84. The molecular formula is C23H20N2O2. The third-order valence-electron chi connectivity index (χ3n) is 4.46. The van der Waals surface area contributed by atoms with E-state index in [1.165, 1.54) is 0 Å². The van der Waals surface area contributed by atoms with Gasteiger partial charge in [-0.15, -0.1) is 0 Å². The molecule has 27 heavy (non-hydrogen) atoms. The Hall–Kier alpha value is -3.58. The van der Waals surface area contributed by atoms with Gasteiger partial charge >= 0.3 is 0 Å². The minimum absolute atomic E-state index is 0.173. The summed E-state index contributed by atoms with van der Waals surface area (Å²) in [6.07, 6.45) is 0. The molecule has 0 spiro atoms. The van der Waals surface area contributed by atoms with E-state index in [9.17, 15) is 4.79 Å². The molecule has 0 bridgehead atoms. The van der Waals surface area contributed by atoms with Gasteiger partial charge in [0.15, 0.2) is 6.61 Å². The molecule has 134 valence electrons. The predicted octanol–water partition coefficient (Wildman–Crippen LogP) is 4.02. The van der Waals surface area contributed by atoms with E-state index in [-0.39, 0.29) is 12.5 Å². The van der Waals surface area contributed by atoms with E-state index in [1.807, 2.05) is 67.6 Å². The fraction of sp³-hybridized carbons (Fsp3) is 0.130. The molecule has 0 saturated heterocycles. The van der Waals surface area contributed by atoms with Gasteiger partial charge in [-0.2, -0.15) is 5.26 Å². The molecule has 0 unspecified atom stereocenters. The Bertz CT molecular complexity index is 907. The van der Waals surface area contributed by atoms with Crippen molar-refractivity contribution in [1.82, 2.24) is 5.32 Å². The Morgan fingerprint density at radius 3 is 2.00 bits per heavy atom. The zero-order valence-electron chi connectivity index (χ0n) is 15.1. The number of ether oxygens (including phenoxy) is 1. The lowest BCUT2D eigenvalue weighted by Crippen LogP contribution is -2.46. The third kappa shape index (κ3) is 4.16. The van der Waals surface area contributed by atoms with E-state index >= 15 is 0 Å². The van der Waals surface area contributed by atoms with Crippen LogP contribution in [0.5, 0.6) is 5.75 Å². The van der Waals surface area contributed by atoms with Crippen molar-refractivity contribution in [2.75, 3.05) is 6.61 Å². The van der Waals surface area contributed by atoms with Crippen LogP contribution in [-0.2, 0) is 10.3 Å². The van der Waals surface area contributed by atoms with Crippen LogP contribution in [0.25, 0.3) is 0 Å². The van der Waals surface area contributed by atoms with E-state index in [4.69, 9.17) is 10.00 Å². The SMILES string of the molecule is CC(NC(=O)COc1ccccc1C#N)(c1ccccc1)c1ccccc1. The molecule has 3 aromatic rings. The Labute approximate surface area is 159 Å². The van der Waals surface area contributed by atoms with Gasteiger partial charge in [0.2, 0.25) is 0 Å². The van der Waals surface area contributed by atoms with Gasteiger partial charge in [-0.1, -0.05) is 72.8 Å². The first-order chi connectivity index (χ1) is 13.1. The van der Waals surface area contributed by atoms with Crippen molar-refractivity contribution in [2.45, 2.75) is 12.5 Å². The summed E-state index contributed by atoms with van der Waals surface area (Å²) in [6.45, 7) is 1.80. The number of para-hydroxylation sites is 1. The Balaban J connectivity index is 1.81. The normalized spacial score (nSPS) is 10.7. The summed E-state index contributed by atoms with van der Waals surface area (Å²) in [6, 6.07) is 28.5. The van der Waals surface area contributed by atoms with Crippen LogP contribution < -0.4 is 10.1 Å². The van der Waals surface area contributed by atoms with Crippen LogP contribution in [0.1, 0.15) is 23.6 Å². The van der Waals surface area contributed by atoms with Gasteiger partial charge in [-0.25, -0.2) is 0 Å². The summed E-state index contributed by atoms with van der Waals surface area (Å²) in [4.78, 5) is 12.7. The number of benzene rings is 3. The van der Waals surface area contributed by atoms with Crippen molar-refractivity contribution in [3.05, 3.63) is 102 Å². The van der Waals surface area contributed by atoms with Crippen LogP contribution >= 0.6 is 0 Å². The molecule has 0 heterocycles. The number of amides is 1. The summed E-state index contributed by atoms with van der Waals surface area (Å²) < 4.78 is 5.57. The number of nitriles is 1. The molecule has 0 radical (unpaired) electrons. The molecule has 3 rings (SSSR count). The van der Waals surface area contributed by atoms with Crippen molar-refractivity contribution < 1.29 is 9.53 Å². The third-order valence-corrected chi connectivity index (χ3v) is 4.46. The molecular weight excluding hydrogens is 336 g/mol. The summed E-state index contributed by atoms with van der Waals surface area (Å²) >= 11 is 0. The monoisotopic (exact) mass is 356 g/mol. The highest BCUT2D eigenvalue weighted by Gasteiger charge is 2.30. The summed E-state index contributed by atoms with van der Waals surface area (Å²) in [5.74, 6) is 0.134. The quantitative estimate of drug-likeness (QED) is 0.726. The number of nitrogens with one attached hydrogen (secondary N) is 1. The van der Waals surface area contributed by atoms with Crippen molar-refractivity contribution in [1.29, 1.82) is 5.26 Å². The number of nitrogens with zero attached hydrogens (tertiary/aromatic N) is 1. The van der Waals surface area contributed by atoms with E-state index in [0.29, 0.717) is 11.3 Å². The number of carbonyl (C=O) groups excluding carboxylic acids is 1. The maximum Gasteiger partial charge on any atom is 0.258 e. The largest absolute Gasteiger partial charge is 0.482 e. The highest BCUT2D eigenvalue weighted by atomic mass is 16.5. The maximum absolute atomic E-state index is 12.7. The summed E-state index contributed by atoms with van der Waals surface area (Å²) in [7, 11) is 0. The summed E-state index contributed by atoms with van der Waals surface area (Å²) in [5, 5.41) is 12.2. The van der Waals surface area contributed by atoms with Crippen molar-refractivity contribution in [3.8, 4) is 11.8 Å². The number of hydrogen-bond donors (Lipinski definition) is 1. The molecule has 0 aromatic heterocycles. The number of hydrogen-bond acceptors (Lipinski definition) is 3. The van der Waals surface area contributed by atoms with Gasteiger partial charge in [0.1, 0.15) is 11.8 Å². The molecule has 0 saturated carbocycles. The Morgan fingerprint density at radius 2 is 1.44 bits per heavy atom. The van der Waals surface area contributed by atoms with Gasteiger partial charge < -0.3 is 10.1 Å². The Morgan fingerprint density at radius 1 is 0.926 bits per heavy atom. The van der Waals surface area contributed by atoms with E-state index < -0.39 is 5.54 Å². The van der Waals surface area contributed by atoms with Gasteiger partial charge in [0, 0.05) is 0 Å². The smallest absolute Gasteiger partial charge is 0.258 e. The minimum atomic E-state index is -0.697. The fourth-order valence-electron chi connectivity index (χ4n) is 3.00.